The average molecular weight is 442 g/mol. The lowest BCUT2D eigenvalue weighted by molar-refractivity contribution is -0.136. The fraction of sp³-hybridized carbons (Fsp3) is 0.565. The highest BCUT2D eigenvalue weighted by Gasteiger charge is 2.38. The predicted molar refractivity (Wildman–Crippen MR) is 119 cm³/mol. The molecule has 0 N–H and O–H groups in total. The number of hydrogen-bond acceptors (Lipinski definition) is 5. The van der Waals surface area contributed by atoms with Crippen LogP contribution in [0.15, 0.2) is 35.1 Å². The maximum atomic E-state index is 13.1. The summed E-state index contributed by atoms with van der Waals surface area (Å²) < 4.78 is 8.28. The predicted octanol–water partition coefficient (Wildman–Crippen LogP) is 1.47. The van der Waals surface area contributed by atoms with E-state index in [4.69, 9.17) is 4.74 Å². The number of carbonyl (C=O) groups is 2. The van der Waals surface area contributed by atoms with Gasteiger partial charge in [-0.3, -0.25) is 14.2 Å². The van der Waals surface area contributed by atoms with Gasteiger partial charge in [-0.25, -0.2) is 9.48 Å². The number of amides is 2. The highest BCUT2D eigenvalue weighted by molar-refractivity contribution is 6.00. The molecule has 3 heterocycles. The SMILES string of the molecule is CCn1c(C2CCN(C(=O)C3CC(=O)N(c4ccccc4)C3)CC2)nn(CCOC)c1=O. The third-order valence-corrected chi connectivity index (χ3v) is 6.49. The molecule has 172 valence electrons. The Morgan fingerprint density at radius 3 is 2.53 bits per heavy atom. The van der Waals surface area contributed by atoms with Gasteiger partial charge >= 0.3 is 5.69 Å². The van der Waals surface area contributed by atoms with Crippen LogP contribution >= 0.6 is 0 Å². The molecule has 2 amide bonds. The number of para-hydroxylation sites is 1. The summed E-state index contributed by atoms with van der Waals surface area (Å²) in [5, 5.41) is 4.57. The van der Waals surface area contributed by atoms with Crippen molar-refractivity contribution >= 4 is 17.5 Å². The first-order valence-electron chi connectivity index (χ1n) is 11.3. The lowest BCUT2D eigenvalue weighted by atomic mass is 9.94. The van der Waals surface area contributed by atoms with Crippen LogP contribution in [0.5, 0.6) is 0 Å². The zero-order valence-electron chi connectivity index (χ0n) is 18.8. The van der Waals surface area contributed by atoms with Gasteiger partial charge in [0, 0.05) is 51.3 Å². The monoisotopic (exact) mass is 441 g/mol. The molecule has 1 unspecified atom stereocenters. The van der Waals surface area contributed by atoms with Crippen molar-refractivity contribution < 1.29 is 14.3 Å². The van der Waals surface area contributed by atoms with E-state index in [1.165, 1.54) is 4.68 Å². The molecule has 1 atom stereocenters. The Morgan fingerprint density at radius 1 is 1.16 bits per heavy atom. The van der Waals surface area contributed by atoms with Crippen LogP contribution in [0.25, 0.3) is 0 Å². The second-order valence-corrected chi connectivity index (χ2v) is 8.44. The molecular formula is C23H31N5O4. The molecule has 0 spiro atoms. The Hall–Kier alpha value is -2.94. The molecule has 9 heteroatoms. The molecule has 2 aromatic rings. The Morgan fingerprint density at radius 2 is 1.88 bits per heavy atom. The molecule has 9 nitrogen and oxygen atoms in total. The van der Waals surface area contributed by atoms with E-state index in [-0.39, 0.29) is 35.8 Å². The summed E-state index contributed by atoms with van der Waals surface area (Å²) in [6.07, 6.45) is 1.78. The van der Waals surface area contributed by atoms with E-state index in [9.17, 15) is 14.4 Å². The molecule has 2 aliphatic rings. The molecule has 2 aliphatic heterocycles. The lowest BCUT2D eigenvalue weighted by Crippen LogP contribution is -2.42. The van der Waals surface area contributed by atoms with E-state index in [0.29, 0.717) is 39.3 Å². The molecule has 32 heavy (non-hydrogen) atoms. The summed E-state index contributed by atoms with van der Waals surface area (Å²) in [5.74, 6) is 0.682. The van der Waals surface area contributed by atoms with Crippen LogP contribution in [0.3, 0.4) is 0 Å². The summed E-state index contributed by atoms with van der Waals surface area (Å²) in [5.41, 5.74) is 0.733. The van der Waals surface area contributed by atoms with Crippen LogP contribution in [0.2, 0.25) is 0 Å². The number of piperidine rings is 1. The van der Waals surface area contributed by atoms with Crippen LogP contribution < -0.4 is 10.6 Å². The number of likely N-dealkylation sites (tertiary alicyclic amines) is 1. The first-order valence-corrected chi connectivity index (χ1v) is 11.3. The van der Waals surface area contributed by atoms with Crippen LogP contribution in [-0.2, 0) is 27.4 Å². The van der Waals surface area contributed by atoms with Crippen molar-refractivity contribution in [2.24, 2.45) is 5.92 Å². The number of aromatic nitrogens is 3. The minimum absolute atomic E-state index is 0.00185. The van der Waals surface area contributed by atoms with Crippen molar-refractivity contribution in [3.8, 4) is 0 Å². The van der Waals surface area contributed by atoms with Gasteiger partial charge < -0.3 is 14.5 Å². The average Bonchev–Trinajstić information content (AvgIpc) is 3.37. The fourth-order valence-corrected chi connectivity index (χ4v) is 4.73. The van der Waals surface area contributed by atoms with Gasteiger partial charge in [-0.1, -0.05) is 18.2 Å². The molecular weight excluding hydrogens is 410 g/mol. The minimum Gasteiger partial charge on any atom is -0.383 e. The summed E-state index contributed by atoms with van der Waals surface area (Å²) in [4.78, 5) is 41.8. The number of methoxy groups -OCH3 is 1. The summed E-state index contributed by atoms with van der Waals surface area (Å²) in [7, 11) is 1.60. The third-order valence-electron chi connectivity index (χ3n) is 6.49. The highest BCUT2D eigenvalue weighted by atomic mass is 16.5. The number of rotatable bonds is 7. The van der Waals surface area contributed by atoms with Gasteiger partial charge in [-0.05, 0) is 31.9 Å². The largest absolute Gasteiger partial charge is 0.383 e. The van der Waals surface area contributed by atoms with Crippen molar-refractivity contribution in [1.29, 1.82) is 0 Å². The lowest BCUT2D eigenvalue weighted by Gasteiger charge is -2.33. The van der Waals surface area contributed by atoms with Crippen molar-refractivity contribution in [3.05, 3.63) is 46.6 Å². The summed E-state index contributed by atoms with van der Waals surface area (Å²) >= 11 is 0. The quantitative estimate of drug-likeness (QED) is 0.649. The Balaban J connectivity index is 1.38. The van der Waals surface area contributed by atoms with E-state index in [0.717, 1.165) is 24.4 Å². The molecule has 2 fully saturated rings. The number of anilines is 1. The Bertz CT molecular complexity index is 1010. The number of benzene rings is 1. The summed E-state index contributed by atoms with van der Waals surface area (Å²) in [6, 6.07) is 9.50. The van der Waals surface area contributed by atoms with Crippen LogP contribution in [0.1, 0.15) is 37.9 Å². The fourth-order valence-electron chi connectivity index (χ4n) is 4.73. The number of ether oxygens (including phenoxy) is 1. The van der Waals surface area contributed by atoms with Gasteiger partial charge in [-0.2, -0.15) is 5.10 Å². The van der Waals surface area contributed by atoms with Crippen molar-refractivity contribution in [2.45, 2.75) is 45.2 Å². The van der Waals surface area contributed by atoms with E-state index in [2.05, 4.69) is 5.10 Å². The number of carbonyl (C=O) groups excluding carboxylic acids is 2. The molecule has 0 radical (unpaired) electrons. The van der Waals surface area contributed by atoms with Crippen molar-refractivity contribution in [1.82, 2.24) is 19.2 Å². The third kappa shape index (κ3) is 4.34. The smallest absolute Gasteiger partial charge is 0.345 e. The first-order chi connectivity index (χ1) is 15.5. The number of nitrogens with zero attached hydrogens (tertiary/aromatic N) is 5. The van der Waals surface area contributed by atoms with Gasteiger partial charge in [0.15, 0.2) is 0 Å². The van der Waals surface area contributed by atoms with Gasteiger partial charge in [0.05, 0.1) is 19.1 Å². The molecule has 0 saturated carbocycles. The minimum atomic E-state index is -0.304. The highest BCUT2D eigenvalue weighted by Crippen LogP contribution is 2.30. The van der Waals surface area contributed by atoms with Gasteiger partial charge in [0.25, 0.3) is 0 Å². The molecule has 1 aromatic carbocycles. The number of hydrogen-bond donors (Lipinski definition) is 0. The Kier molecular flexibility index (Phi) is 6.74. The van der Waals surface area contributed by atoms with Crippen LogP contribution in [0.4, 0.5) is 5.69 Å². The molecule has 0 bridgehead atoms. The van der Waals surface area contributed by atoms with Crippen LogP contribution in [-0.4, -0.2) is 64.4 Å². The topological polar surface area (TPSA) is 89.7 Å². The van der Waals surface area contributed by atoms with Gasteiger partial charge in [-0.15, -0.1) is 0 Å². The molecule has 2 saturated heterocycles. The maximum Gasteiger partial charge on any atom is 0.345 e. The van der Waals surface area contributed by atoms with Crippen molar-refractivity contribution in [2.75, 3.05) is 38.3 Å². The van der Waals surface area contributed by atoms with Gasteiger partial charge in [0.1, 0.15) is 5.82 Å². The second-order valence-electron chi connectivity index (χ2n) is 8.44. The van der Waals surface area contributed by atoms with E-state index < -0.39 is 0 Å². The zero-order valence-corrected chi connectivity index (χ0v) is 18.8. The van der Waals surface area contributed by atoms with E-state index >= 15 is 0 Å². The Labute approximate surface area is 187 Å². The zero-order chi connectivity index (χ0) is 22.7. The maximum absolute atomic E-state index is 13.1. The molecule has 4 rings (SSSR count). The standard InChI is InChI=1S/C23H31N5O4/c1-3-26-21(24-28(23(26)31)13-14-32-2)17-9-11-25(12-10-17)22(30)18-15-20(29)27(16-18)19-7-5-4-6-8-19/h4-8,17-18H,3,9-16H2,1-2H3. The normalized spacial score (nSPS) is 19.7. The summed E-state index contributed by atoms with van der Waals surface area (Å²) in [6.45, 7) is 5.04. The molecule has 1 aromatic heterocycles. The van der Waals surface area contributed by atoms with Crippen LogP contribution in [0, 0.1) is 5.92 Å². The molecule has 0 aliphatic carbocycles. The second kappa shape index (κ2) is 9.68. The van der Waals surface area contributed by atoms with E-state index in [1.54, 1.807) is 16.6 Å². The van der Waals surface area contributed by atoms with Crippen molar-refractivity contribution in [3.63, 3.8) is 0 Å². The van der Waals surface area contributed by atoms with Gasteiger partial charge in [0.2, 0.25) is 11.8 Å². The first kappa shape index (κ1) is 22.3. The van der Waals surface area contributed by atoms with E-state index in [1.807, 2.05) is 42.2 Å².